The highest BCUT2D eigenvalue weighted by atomic mass is 79.9. The lowest BCUT2D eigenvalue weighted by Gasteiger charge is -2.26. The van der Waals surface area contributed by atoms with Crippen LogP contribution in [-0.2, 0) is 0 Å². The molecule has 0 unspecified atom stereocenters. The van der Waals surface area contributed by atoms with Crippen LogP contribution < -0.4 is 17.0 Å². The zero-order valence-electron chi connectivity index (χ0n) is 9.61. The molecular weight excluding hydrogens is 266 g/mol. The van der Waals surface area contributed by atoms with Crippen LogP contribution in [0.1, 0.15) is 10.4 Å². The first-order valence-corrected chi connectivity index (χ1v) is 4.89. The van der Waals surface area contributed by atoms with Crippen LogP contribution in [-0.4, -0.2) is 37.5 Å². The SMILES string of the molecule is C#CC[N+](C)(C)CC(=O)c1ccccc1.[Br-]. The Balaban J connectivity index is 0.00000225. The molecule has 3 heteroatoms. The molecule has 0 heterocycles. The van der Waals surface area contributed by atoms with Crippen LogP contribution >= 0.6 is 0 Å². The van der Waals surface area contributed by atoms with Gasteiger partial charge in [-0.3, -0.25) is 4.79 Å². The molecule has 0 amide bonds. The van der Waals surface area contributed by atoms with Gasteiger partial charge in [0.1, 0.15) is 13.1 Å². The van der Waals surface area contributed by atoms with Crippen LogP contribution in [0.3, 0.4) is 0 Å². The molecule has 0 spiro atoms. The second-order valence-electron chi connectivity index (χ2n) is 4.25. The lowest BCUT2D eigenvalue weighted by molar-refractivity contribution is -0.874. The van der Waals surface area contributed by atoms with Gasteiger partial charge in [0.2, 0.25) is 5.78 Å². The summed E-state index contributed by atoms with van der Waals surface area (Å²) in [5.41, 5.74) is 0.751. The van der Waals surface area contributed by atoms with Crippen LogP contribution in [0.5, 0.6) is 0 Å². The Morgan fingerprint density at radius 3 is 2.38 bits per heavy atom. The van der Waals surface area contributed by atoms with Crippen molar-refractivity contribution in [2.45, 2.75) is 0 Å². The first kappa shape index (κ1) is 14.9. The van der Waals surface area contributed by atoms with E-state index in [1.807, 2.05) is 44.4 Å². The van der Waals surface area contributed by atoms with E-state index in [0.717, 1.165) is 5.56 Å². The third-order valence-corrected chi connectivity index (χ3v) is 2.19. The van der Waals surface area contributed by atoms with Gasteiger partial charge >= 0.3 is 0 Å². The van der Waals surface area contributed by atoms with Gasteiger partial charge in [0.15, 0.2) is 0 Å². The number of hydrogen-bond acceptors (Lipinski definition) is 1. The van der Waals surface area contributed by atoms with Gasteiger partial charge in [-0.15, -0.1) is 6.42 Å². The molecular formula is C13H16BrNO. The van der Waals surface area contributed by atoms with E-state index < -0.39 is 0 Å². The summed E-state index contributed by atoms with van der Waals surface area (Å²) in [6.45, 7) is 1.01. The summed E-state index contributed by atoms with van der Waals surface area (Å²) < 4.78 is 0.532. The fourth-order valence-corrected chi connectivity index (χ4v) is 1.41. The highest BCUT2D eigenvalue weighted by Crippen LogP contribution is 2.04. The van der Waals surface area contributed by atoms with Crippen molar-refractivity contribution in [2.75, 3.05) is 27.2 Å². The van der Waals surface area contributed by atoms with Gasteiger partial charge in [-0.05, 0) is 5.92 Å². The maximum atomic E-state index is 11.9. The predicted octanol–water partition coefficient (Wildman–Crippen LogP) is -1.42. The number of carbonyl (C=O) groups excluding carboxylic acids is 1. The molecule has 0 atom stereocenters. The molecule has 0 bridgehead atoms. The van der Waals surface area contributed by atoms with Crippen molar-refractivity contribution in [3.05, 3.63) is 35.9 Å². The molecule has 0 radical (unpaired) electrons. The van der Waals surface area contributed by atoms with Crippen LogP contribution in [0.25, 0.3) is 0 Å². The van der Waals surface area contributed by atoms with Crippen molar-refractivity contribution in [1.29, 1.82) is 0 Å². The Morgan fingerprint density at radius 2 is 1.88 bits per heavy atom. The smallest absolute Gasteiger partial charge is 0.216 e. The molecule has 1 rings (SSSR count). The van der Waals surface area contributed by atoms with Crippen LogP contribution in [0, 0.1) is 12.3 Å². The van der Waals surface area contributed by atoms with E-state index in [4.69, 9.17) is 6.42 Å². The number of halogens is 1. The minimum absolute atomic E-state index is 0. The number of hydrogen-bond donors (Lipinski definition) is 0. The lowest BCUT2D eigenvalue weighted by atomic mass is 10.1. The van der Waals surface area contributed by atoms with E-state index in [1.54, 1.807) is 0 Å². The Bertz CT molecular complexity index is 379. The number of rotatable bonds is 4. The summed E-state index contributed by atoms with van der Waals surface area (Å²) in [7, 11) is 3.92. The number of likely N-dealkylation sites (N-methyl/N-ethyl adjacent to an activating group) is 1. The maximum absolute atomic E-state index is 11.9. The van der Waals surface area contributed by atoms with E-state index in [-0.39, 0.29) is 22.8 Å². The summed E-state index contributed by atoms with van der Waals surface area (Å²) in [6.07, 6.45) is 5.25. The van der Waals surface area contributed by atoms with Crippen LogP contribution in [0.4, 0.5) is 0 Å². The minimum atomic E-state index is 0. The summed E-state index contributed by atoms with van der Waals surface area (Å²) in [5.74, 6) is 2.72. The van der Waals surface area contributed by atoms with Gasteiger partial charge in [-0.25, -0.2) is 0 Å². The molecule has 0 saturated heterocycles. The average Bonchev–Trinajstić information content (AvgIpc) is 2.18. The topological polar surface area (TPSA) is 17.1 Å². The number of Topliss-reactive ketones (excluding diaryl/α,β-unsaturated/α-hetero) is 1. The summed E-state index contributed by atoms with van der Waals surface area (Å²) in [4.78, 5) is 11.9. The zero-order valence-corrected chi connectivity index (χ0v) is 11.2. The molecule has 0 saturated carbocycles. The van der Waals surface area contributed by atoms with Crippen molar-refractivity contribution in [2.24, 2.45) is 0 Å². The van der Waals surface area contributed by atoms with Crippen molar-refractivity contribution in [1.82, 2.24) is 0 Å². The molecule has 16 heavy (non-hydrogen) atoms. The molecule has 0 N–H and O–H groups in total. The number of carbonyl (C=O) groups is 1. The number of ketones is 1. The molecule has 0 aliphatic rings. The molecule has 0 aromatic heterocycles. The first-order chi connectivity index (χ1) is 7.05. The molecule has 1 aromatic carbocycles. The van der Waals surface area contributed by atoms with Crippen molar-refractivity contribution in [3.8, 4) is 12.3 Å². The van der Waals surface area contributed by atoms with E-state index in [0.29, 0.717) is 17.6 Å². The molecule has 0 aliphatic carbocycles. The largest absolute Gasteiger partial charge is 1.00 e. The Hall–Kier alpha value is -1.11. The van der Waals surface area contributed by atoms with Crippen molar-refractivity contribution >= 4 is 5.78 Å². The van der Waals surface area contributed by atoms with Gasteiger partial charge in [-0.2, -0.15) is 0 Å². The zero-order chi connectivity index (χ0) is 11.3. The molecule has 0 fully saturated rings. The molecule has 2 nitrogen and oxygen atoms in total. The summed E-state index contributed by atoms with van der Waals surface area (Å²) in [5, 5.41) is 0. The third-order valence-electron chi connectivity index (χ3n) is 2.19. The molecule has 86 valence electrons. The maximum Gasteiger partial charge on any atom is 0.216 e. The standard InChI is InChI=1S/C13H16NO.BrH/c1-4-10-14(2,3)11-13(15)12-8-6-5-7-9-12;/h1,5-9H,10-11H2,2-3H3;1H/q+1;/p-1. The third kappa shape index (κ3) is 4.61. The van der Waals surface area contributed by atoms with E-state index >= 15 is 0 Å². The Labute approximate surface area is 108 Å². The highest BCUT2D eigenvalue weighted by Gasteiger charge is 2.19. The van der Waals surface area contributed by atoms with Gasteiger partial charge in [0.05, 0.1) is 14.1 Å². The van der Waals surface area contributed by atoms with Crippen molar-refractivity contribution < 1.29 is 26.3 Å². The lowest BCUT2D eigenvalue weighted by Crippen LogP contribution is -3.00. The Kier molecular flexibility index (Phi) is 6.02. The van der Waals surface area contributed by atoms with Crippen LogP contribution in [0.15, 0.2) is 30.3 Å². The Morgan fingerprint density at radius 1 is 1.31 bits per heavy atom. The summed E-state index contributed by atoms with van der Waals surface area (Å²) >= 11 is 0. The number of nitrogens with zero attached hydrogens (tertiary/aromatic N) is 1. The normalized spacial score (nSPS) is 10.1. The van der Waals surface area contributed by atoms with Gasteiger partial charge in [-0.1, -0.05) is 30.3 Å². The first-order valence-electron chi connectivity index (χ1n) is 4.89. The number of quaternary nitrogens is 1. The monoisotopic (exact) mass is 281 g/mol. The molecule has 1 aromatic rings. The predicted molar refractivity (Wildman–Crippen MR) is 61.4 cm³/mol. The van der Waals surface area contributed by atoms with Gasteiger partial charge in [0.25, 0.3) is 0 Å². The van der Waals surface area contributed by atoms with Gasteiger partial charge < -0.3 is 21.5 Å². The highest BCUT2D eigenvalue weighted by molar-refractivity contribution is 5.96. The van der Waals surface area contributed by atoms with Crippen molar-refractivity contribution in [3.63, 3.8) is 0 Å². The van der Waals surface area contributed by atoms with E-state index in [1.165, 1.54) is 0 Å². The molecule has 0 aliphatic heterocycles. The number of terminal acetylenes is 1. The second-order valence-corrected chi connectivity index (χ2v) is 4.25. The fourth-order valence-electron chi connectivity index (χ4n) is 1.41. The average molecular weight is 282 g/mol. The van der Waals surface area contributed by atoms with E-state index in [9.17, 15) is 4.79 Å². The minimum Gasteiger partial charge on any atom is -1.00 e. The summed E-state index contributed by atoms with van der Waals surface area (Å²) in [6, 6.07) is 9.30. The van der Waals surface area contributed by atoms with Gasteiger partial charge in [0, 0.05) is 5.56 Å². The number of benzene rings is 1. The fraction of sp³-hybridized carbons (Fsp3) is 0.308. The van der Waals surface area contributed by atoms with E-state index in [2.05, 4.69) is 5.92 Å². The quantitative estimate of drug-likeness (QED) is 0.376. The van der Waals surface area contributed by atoms with Crippen LogP contribution in [0.2, 0.25) is 0 Å². The second kappa shape index (κ2) is 6.47.